The van der Waals surface area contributed by atoms with Gasteiger partial charge in [0.05, 0.1) is 21.7 Å². The summed E-state index contributed by atoms with van der Waals surface area (Å²) in [4.78, 5) is 18.5. The van der Waals surface area contributed by atoms with Crippen LogP contribution < -0.4 is 0 Å². The summed E-state index contributed by atoms with van der Waals surface area (Å²) in [5.41, 5.74) is 4.26. The third-order valence-corrected chi connectivity index (χ3v) is 5.22. The molecule has 0 unspecified atom stereocenters. The van der Waals surface area contributed by atoms with Crippen LogP contribution in [0.15, 0.2) is 72.1 Å². The molecule has 0 fully saturated rings. The van der Waals surface area contributed by atoms with E-state index in [1.165, 1.54) is 0 Å². The highest BCUT2D eigenvalue weighted by Gasteiger charge is 2.16. The lowest BCUT2D eigenvalue weighted by molar-refractivity contribution is 0.0474. The summed E-state index contributed by atoms with van der Waals surface area (Å²) in [5.74, 6) is -0.329. The maximum absolute atomic E-state index is 12.8. The molecule has 0 amide bonds. The van der Waals surface area contributed by atoms with Crippen molar-refractivity contribution in [3.8, 4) is 10.6 Å². The third-order valence-electron chi connectivity index (χ3n) is 4.33. The number of rotatable bonds is 4. The van der Waals surface area contributed by atoms with Crippen LogP contribution in [0.25, 0.3) is 21.5 Å². The summed E-state index contributed by atoms with van der Waals surface area (Å²) in [7, 11) is 0. The van der Waals surface area contributed by atoms with E-state index in [1.807, 2.05) is 79.0 Å². The molecule has 2 heterocycles. The van der Waals surface area contributed by atoms with Gasteiger partial charge in [-0.15, -0.1) is 11.3 Å². The van der Waals surface area contributed by atoms with Crippen LogP contribution in [0, 0.1) is 6.92 Å². The van der Waals surface area contributed by atoms with Gasteiger partial charge in [-0.25, -0.2) is 9.78 Å². The second-order valence-electron chi connectivity index (χ2n) is 6.05. The van der Waals surface area contributed by atoms with Crippen LogP contribution in [0.4, 0.5) is 0 Å². The van der Waals surface area contributed by atoms with Gasteiger partial charge in [0.15, 0.2) is 0 Å². The number of fused-ring (bicyclic) bond motifs is 1. The highest BCUT2D eigenvalue weighted by molar-refractivity contribution is 7.13. The normalized spacial score (nSPS) is 10.8. The van der Waals surface area contributed by atoms with Crippen LogP contribution in [-0.2, 0) is 11.3 Å². The van der Waals surface area contributed by atoms with Gasteiger partial charge in [0, 0.05) is 5.39 Å². The first-order valence-corrected chi connectivity index (χ1v) is 9.25. The SMILES string of the molecule is Cc1ccccc1COC(=O)c1cc(-c2cccs2)nc2ccccc12. The first-order valence-electron chi connectivity index (χ1n) is 8.37. The van der Waals surface area contributed by atoms with Crippen molar-refractivity contribution in [3.63, 3.8) is 0 Å². The number of carbonyl (C=O) groups excluding carboxylic acids is 1. The molecule has 0 spiro atoms. The monoisotopic (exact) mass is 359 g/mol. The fourth-order valence-electron chi connectivity index (χ4n) is 2.89. The number of benzene rings is 2. The second kappa shape index (κ2) is 7.10. The number of nitrogens with zero attached hydrogens (tertiary/aromatic N) is 1. The standard InChI is InChI=1S/C22H17NO2S/c1-15-7-2-3-8-16(15)14-25-22(24)18-13-20(21-11-6-12-26-21)23-19-10-5-4-9-17(18)19/h2-13H,14H2,1H3. The van der Waals surface area contributed by atoms with E-state index in [0.29, 0.717) is 5.56 Å². The molecule has 26 heavy (non-hydrogen) atoms. The molecular formula is C22H17NO2S. The average molecular weight is 359 g/mol. The van der Waals surface area contributed by atoms with Gasteiger partial charge in [0.1, 0.15) is 6.61 Å². The number of ether oxygens (including phenoxy) is 1. The van der Waals surface area contributed by atoms with E-state index in [9.17, 15) is 4.79 Å². The average Bonchev–Trinajstić information content (AvgIpc) is 3.21. The zero-order valence-corrected chi connectivity index (χ0v) is 15.1. The molecule has 4 rings (SSSR count). The number of esters is 1. The van der Waals surface area contributed by atoms with Gasteiger partial charge in [-0.2, -0.15) is 0 Å². The number of aromatic nitrogens is 1. The summed E-state index contributed by atoms with van der Waals surface area (Å²) in [6.45, 7) is 2.27. The summed E-state index contributed by atoms with van der Waals surface area (Å²) in [6.07, 6.45) is 0. The lowest BCUT2D eigenvalue weighted by Gasteiger charge is -2.10. The summed E-state index contributed by atoms with van der Waals surface area (Å²) in [5, 5.41) is 2.81. The molecule has 0 aliphatic carbocycles. The largest absolute Gasteiger partial charge is 0.457 e. The molecule has 3 nitrogen and oxygen atoms in total. The minimum atomic E-state index is -0.329. The van der Waals surface area contributed by atoms with Gasteiger partial charge in [0.2, 0.25) is 0 Å². The third kappa shape index (κ3) is 3.24. The predicted molar refractivity (Wildman–Crippen MR) is 105 cm³/mol. The smallest absolute Gasteiger partial charge is 0.339 e. The Morgan fingerprint density at radius 1 is 1.04 bits per heavy atom. The summed E-state index contributed by atoms with van der Waals surface area (Å²) in [6, 6.07) is 21.4. The number of hydrogen-bond donors (Lipinski definition) is 0. The van der Waals surface area contributed by atoms with Gasteiger partial charge >= 0.3 is 5.97 Å². The lowest BCUT2D eigenvalue weighted by atomic mass is 10.1. The molecule has 4 aromatic rings. The fraction of sp³-hybridized carbons (Fsp3) is 0.0909. The molecule has 0 saturated heterocycles. The van der Waals surface area contributed by atoms with Gasteiger partial charge in [0.25, 0.3) is 0 Å². The molecular weight excluding hydrogens is 342 g/mol. The molecule has 0 atom stereocenters. The molecule has 0 N–H and O–H groups in total. The number of aryl methyl sites for hydroxylation is 1. The Morgan fingerprint density at radius 2 is 1.85 bits per heavy atom. The number of para-hydroxylation sites is 1. The number of carbonyl (C=O) groups is 1. The van der Waals surface area contributed by atoms with Crippen molar-refractivity contribution in [1.82, 2.24) is 4.98 Å². The fourth-order valence-corrected chi connectivity index (χ4v) is 3.57. The first-order chi connectivity index (χ1) is 12.7. The second-order valence-corrected chi connectivity index (χ2v) is 7.00. The van der Waals surface area contributed by atoms with Gasteiger partial charge in [-0.05, 0) is 41.6 Å². The minimum absolute atomic E-state index is 0.260. The predicted octanol–water partition coefficient (Wildman–Crippen LogP) is 5.63. The quantitative estimate of drug-likeness (QED) is 0.443. The Hall–Kier alpha value is -2.98. The van der Waals surface area contributed by atoms with Gasteiger partial charge < -0.3 is 4.74 Å². The topological polar surface area (TPSA) is 39.2 Å². The minimum Gasteiger partial charge on any atom is -0.457 e. The maximum Gasteiger partial charge on any atom is 0.339 e. The van der Waals surface area contributed by atoms with Gasteiger partial charge in [-0.1, -0.05) is 48.5 Å². The van der Waals surface area contributed by atoms with Crippen LogP contribution in [0.5, 0.6) is 0 Å². The van der Waals surface area contributed by atoms with Crippen molar-refractivity contribution in [2.75, 3.05) is 0 Å². The van der Waals surface area contributed by atoms with E-state index >= 15 is 0 Å². The first kappa shape index (κ1) is 16.5. The van der Waals surface area contributed by atoms with Crippen LogP contribution in [0.3, 0.4) is 0 Å². The molecule has 0 saturated carbocycles. The van der Waals surface area contributed by atoms with Crippen LogP contribution in [0.1, 0.15) is 21.5 Å². The molecule has 0 bridgehead atoms. The Kier molecular flexibility index (Phi) is 4.50. The molecule has 0 aliphatic rings. The van der Waals surface area contributed by atoms with E-state index < -0.39 is 0 Å². The van der Waals surface area contributed by atoms with Crippen molar-refractivity contribution in [1.29, 1.82) is 0 Å². The number of hydrogen-bond acceptors (Lipinski definition) is 4. The lowest BCUT2D eigenvalue weighted by Crippen LogP contribution is -2.07. The van der Waals surface area contributed by atoms with E-state index in [1.54, 1.807) is 11.3 Å². The Labute approximate surface area is 155 Å². The zero-order chi connectivity index (χ0) is 17.9. The van der Waals surface area contributed by atoms with Crippen molar-refractivity contribution < 1.29 is 9.53 Å². The van der Waals surface area contributed by atoms with Crippen LogP contribution in [-0.4, -0.2) is 11.0 Å². The van der Waals surface area contributed by atoms with Gasteiger partial charge in [-0.3, -0.25) is 0 Å². The van der Waals surface area contributed by atoms with E-state index in [0.717, 1.165) is 32.6 Å². The molecule has 0 radical (unpaired) electrons. The van der Waals surface area contributed by atoms with E-state index in [-0.39, 0.29) is 12.6 Å². The number of thiophene rings is 1. The summed E-state index contributed by atoms with van der Waals surface area (Å²) >= 11 is 1.60. The molecule has 4 heteroatoms. The van der Waals surface area contributed by atoms with Crippen molar-refractivity contribution in [3.05, 3.63) is 88.8 Å². The Balaban J connectivity index is 1.70. The Morgan fingerprint density at radius 3 is 2.65 bits per heavy atom. The molecule has 128 valence electrons. The molecule has 0 aliphatic heterocycles. The van der Waals surface area contributed by atoms with Crippen LogP contribution in [0.2, 0.25) is 0 Å². The van der Waals surface area contributed by atoms with Crippen molar-refractivity contribution >= 4 is 28.2 Å². The van der Waals surface area contributed by atoms with Crippen LogP contribution >= 0.6 is 11.3 Å². The van der Waals surface area contributed by atoms with E-state index in [4.69, 9.17) is 9.72 Å². The summed E-state index contributed by atoms with van der Waals surface area (Å²) < 4.78 is 5.61. The van der Waals surface area contributed by atoms with E-state index in [2.05, 4.69) is 0 Å². The number of pyridine rings is 1. The van der Waals surface area contributed by atoms with Crippen molar-refractivity contribution in [2.45, 2.75) is 13.5 Å². The Bertz CT molecular complexity index is 1070. The maximum atomic E-state index is 12.8. The van der Waals surface area contributed by atoms with Crippen molar-refractivity contribution in [2.24, 2.45) is 0 Å². The highest BCUT2D eigenvalue weighted by Crippen LogP contribution is 2.28. The molecule has 2 aromatic carbocycles. The zero-order valence-electron chi connectivity index (χ0n) is 14.3. The molecule has 2 aromatic heterocycles. The highest BCUT2D eigenvalue weighted by atomic mass is 32.1.